The van der Waals surface area contributed by atoms with Crippen molar-refractivity contribution in [2.75, 3.05) is 27.8 Å². The van der Waals surface area contributed by atoms with Crippen LogP contribution in [-0.2, 0) is 6.54 Å². The summed E-state index contributed by atoms with van der Waals surface area (Å²) < 4.78 is 16.5. The Labute approximate surface area is 155 Å². The summed E-state index contributed by atoms with van der Waals surface area (Å²) in [6.45, 7) is 3.23. The second-order valence-electron chi connectivity index (χ2n) is 5.73. The zero-order chi connectivity index (χ0) is 18.8. The highest BCUT2D eigenvalue weighted by molar-refractivity contribution is 5.79. The zero-order valence-corrected chi connectivity index (χ0v) is 15.8. The summed E-state index contributed by atoms with van der Waals surface area (Å²) in [5, 5.41) is 6.55. The smallest absolute Gasteiger partial charge is 0.191 e. The molecular weight excluding hydrogens is 330 g/mol. The van der Waals surface area contributed by atoms with Gasteiger partial charge >= 0.3 is 0 Å². The summed E-state index contributed by atoms with van der Waals surface area (Å²) in [4.78, 5) is 4.24. The standard InChI is InChI=1S/C20H27N3O3/c1-15(26-18-10-7-9-17(12-18)24-3)13-22-20(21-2)23-14-16-8-5-6-11-19(16)25-4/h5-12,15H,13-14H2,1-4H3,(H2,21,22,23). The molecule has 0 aliphatic rings. The van der Waals surface area contributed by atoms with Gasteiger partial charge in [0.25, 0.3) is 0 Å². The van der Waals surface area contributed by atoms with Gasteiger partial charge in [-0.25, -0.2) is 0 Å². The molecule has 0 heterocycles. The molecule has 0 spiro atoms. The van der Waals surface area contributed by atoms with E-state index in [-0.39, 0.29) is 6.10 Å². The van der Waals surface area contributed by atoms with Gasteiger partial charge in [0.15, 0.2) is 5.96 Å². The number of nitrogens with zero attached hydrogens (tertiary/aromatic N) is 1. The first-order chi connectivity index (χ1) is 12.7. The molecule has 2 rings (SSSR count). The number of nitrogens with one attached hydrogen (secondary N) is 2. The van der Waals surface area contributed by atoms with Crippen LogP contribution in [0.5, 0.6) is 17.2 Å². The molecule has 1 unspecified atom stereocenters. The summed E-state index contributed by atoms with van der Waals surface area (Å²) in [6, 6.07) is 15.5. The highest BCUT2D eigenvalue weighted by Gasteiger charge is 2.07. The van der Waals surface area contributed by atoms with Crippen LogP contribution in [0.1, 0.15) is 12.5 Å². The van der Waals surface area contributed by atoms with Gasteiger partial charge in [-0.05, 0) is 25.1 Å². The lowest BCUT2D eigenvalue weighted by molar-refractivity contribution is 0.223. The molecule has 0 bridgehead atoms. The molecule has 140 valence electrons. The number of benzene rings is 2. The molecule has 0 fully saturated rings. The molecule has 0 aromatic heterocycles. The maximum absolute atomic E-state index is 5.91. The minimum atomic E-state index is -0.0353. The van der Waals surface area contributed by atoms with Crippen LogP contribution >= 0.6 is 0 Å². The minimum Gasteiger partial charge on any atom is -0.497 e. The van der Waals surface area contributed by atoms with E-state index in [0.29, 0.717) is 19.0 Å². The van der Waals surface area contributed by atoms with Crippen molar-refractivity contribution < 1.29 is 14.2 Å². The normalized spacial score (nSPS) is 12.2. The molecule has 2 N–H and O–H groups in total. The Morgan fingerprint density at radius 2 is 1.77 bits per heavy atom. The van der Waals surface area contributed by atoms with Gasteiger partial charge in [0.1, 0.15) is 23.4 Å². The zero-order valence-electron chi connectivity index (χ0n) is 15.8. The Kier molecular flexibility index (Phi) is 7.61. The third-order valence-electron chi connectivity index (χ3n) is 3.80. The number of methoxy groups -OCH3 is 2. The predicted molar refractivity (Wildman–Crippen MR) is 104 cm³/mol. The van der Waals surface area contributed by atoms with Crippen LogP contribution in [0.25, 0.3) is 0 Å². The summed E-state index contributed by atoms with van der Waals surface area (Å²) >= 11 is 0. The van der Waals surface area contributed by atoms with Gasteiger partial charge in [0.05, 0.1) is 20.8 Å². The molecule has 0 amide bonds. The topological polar surface area (TPSA) is 64.1 Å². The molecule has 0 aliphatic heterocycles. The quantitative estimate of drug-likeness (QED) is 0.562. The number of hydrogen-bond donors (Lipinski definition) is 2. The van der Waals surface area contributed by atoms with Crippen molar-refractivity contribution in [3.05, 3.63) is 54.1 Å². The fraction of sp³-hybridized carbons (Fsp3) is 0.350. The molecule has 6 nitrogen and oxygen atoms in total. The molecule has 2 aromatic carbocycles. The van der Waals surface area contributed by atoms with Crippen molar-refractivity contribution in [1.29, 1.82) is 0 Å². The number of hydrogen-bond acceptors (Lipinski definition) is 4. The first-order valence-corrected chi connectivity index (χ1v) is 8.53. The molecule has 26 heavy (non-hydrogen) atoms. The lowest BCUT2D eigenvalue weighted by Gasteiger charge is -2.18. The van der Waals surface area contributed by atoms with Crippen LogP contribution in [0.2, 0.25) is 0 Å². The van der Waals surface area contributed by atoms with Crippen LogP contribution in [0, 0.1) is 0 Å². The molecule has 0 aliphatic carbocycles. The predicted octanol–water partition coefficient (Wildman–Crippen LogP) is 2.84. The summed E-state index contributed by atoms with van der Waals surface area (Å²) in [5.41, 5.74) is 1.07. The Hall–Kier alpha value is -2.89. The van der Waals surface area contributed by atoms with Gasteiger partial charge in [0.2, 0.25) is 0 Å². The largest absolute Gasteiger partial charge is 0.497 e. The Balaban J connectivity index is 1.82. The molecular formula is C20H27N3O3. The first-order valence-electron chi connectivity index (χ1n) is 8.53. The average molecular weight is 357 g/mol. The highest BCUT2D eigenvalue weighted by Crippen LogP contribution is 2.20. The summed E-state index contributed by atoms with van der Waals surface area (Å²) in [6.07, 6.45) is -0.0353. The lowest BCUT2D eigenvalue weighted by Crippen LogP contribution is -2.41. The third kappa shape index (κ3) is 5.88. The van der Waals surface area contributed by atoms with Crippen LogP contribution in [0.3, 0.4) is 0 Å². The Morgan fingerprint density at radius 1 is 1.00 bits per heavy atom. The average Bonchev–Trinajstić information content (AvgIpc) is 2.68. The van der Waals surface area contributed by atoms with Gasteiger partial charge in [-0.1, -0.05) is 24.3 Å². The Bertz CT molecular complexity index is 719. The van der Waals surface area contributed by atoms with E-state index in [1.165, 1.54) is 0 Å². The van der Waals surface area contributed by atoms with Crippen LogP contribution in [0.15, 0.2) is 53.5 Å². The van der Waals surface area contributed by atoms with E-state index in [0.717, 1.165) is 22.8 Å². The SMILES string of the molecule is CN=C(NCc1ccccc1OC)NCC(C)Oc1cccc(OC)c1. The van der Waals surface area contributed by atoms with E-state index in [2.05, 4.69) is 15.6 Å². The van der Waals surface area contributed by atoms with Crippen LogP contribution in [0.4, 0.5) is 0 Å². The van der Waals surface area contributed by atoms with Crippen LogP contribution < -0.4 is 24.8 Å². The molecule has 0 radical (unpaired) electrons. The number of rotatable bonds is 8. The van der Waals surface area contributed by atoms with E-state index < -0.39 is 0 Å². The molecule has 0 saturated carbocycles. The van der Waals surface area contributed by atoms with Gasteiger partial charge < -0.3 is 24.8 Å². The fourth-order valence-corrected chi connectivity index (χ4v) is 2.44. The molecule has 6 heteroatoms. The lowest BCUT2D eigenvalue weighted by atomic mass is 10.2. The van der Waals surface area contributed by atoms with E-state index in [9.17, 15) is 0 Å². The number of guanidine groups is 1. The summed E-state index contributed by atoms with van der Waals surface area (Å²) in [5.74, 6) is 3.11. The maximum atomic E-state index is 5.91. The van der Waals surface area contributed by atoms with Gasteiger partial charge in [-0.2, -0.15) is 0 Å². The van der Waals surface area contributed by atoms with E-state index in [4.69, 9.17) is 14.2 Å². The number of aliphatic imine (C=N–C) groups is 1. The van der Waals surface area contributed by atoms with Crippen molar-refractivity contribution in [1.82, 2.24) is 10.6 Å². The third-order valence-corrected chi connectivity index (χ3v) is 3.80. The van der Waals surface area contributed by atoms with E-state index in [1.807, 2.05) is 55.5 Å². The summed E-state index contributed by atoms with van der Waals surface area (Å²) in [7, 11) is 5.05. The van der Waals surface area contributed by atoms with Crippen molar-refractivity contribution in [3.63, 3.8) is 0 Å². The Morgan fingerprint density at radius 3 is 2.50 bits per heavy atom. The number of ether oxygens (including phenoxy) is 3. The monoisotopic (exact) mass is 357 g/mol. The minimum absolute atomic E-state index is 0.0353. The fourth-order valence-electron chi connectivity index (χ4n) is 2.44. The second-order valence-corrected chi connectivity index (χ2v) is 5.73. The first kappa shape index (κ1) is 19.4. The van der Waals surface area contributed by atoms with Crippen molar-refractivity contribution in [2.24, 2.45) is 4.99 Å². The highest BCUT2D eigenvalue weighted by atomic mass is 16.5. The number of para-hydroxylation sites is 1. The second kappa shape index (κ2) is 10.2. The van der Waals surface area contributed by atoms with Crippen LogP contribution in [-0.4, -0.2) is 39.9 Å². The van der Waals surface area contributed by atoms with E-state index >= 15 is 0 Å². The van der Waals surface area contributed by atoms with E-state index in [1.54, 1.807) is 21.3 Å². The maximum Gasteiger partial charge on any atom is 0.191 e. The molecule has 0 saturated heterocycles. The van der Waals surface area contributed by atoms with Gasteiger partial charge in [-0.3, -0.25) is 4.99 Å². The van der Waals surface area contributed by atoms with Crippen molar-refractivity contribution in [2.45, 2.75) is 19.6 Å². The van der Waals surface area contributed by atoms with Gasteiger partial charge in [-0.15, -0.1) is 0 Å². The molecule has 2 aromatic rings. The molecule has 1 atom stereocenters. The van der Waals surface area contributed by atoms with Crippen molar-refractivity contribution >= 4 is 5.96 Å². The van der Waals surface area contributed by atoms with Gasteiger partial charge in [0, 0.05) is 25.2 Å². The van der Waals surface area contributed by atoms with Crippen molar-refractivity contribution in [3.8, 4) is 17.2 Å².